The Morgan fingerprint density at radius 3 is 2.93 bits per heavy atom. The molecule has 2 heterocycles. The number of fused-ring (bicyclic) bond motifs is 1. The van der Waals surface area contributed by atoms with Crippen LogP contribution >= 0.6 is 0 Å². The molecule has 0 fully saturated rings. The second-order valence-corrected chi connectivity index (χ2v) is 3.65. The number of nitrogens with zero attached hydrogens (tertiary/aromatic N) is 2. The van der Waals surface area contributed by atoms with Gasteiger partial charge in [-0.15, -0.1) is 0 Å². The Kier molecular flexibility index (Phi) is 2.58. The molecule has 4 heteroatoms. The first-order valence-corrected chi connectivity index (χ1v) is 5.35. The maximum absolute atomic E-state index is 11.7. The van der Waals surface area contributed by atoms with Crippen LogP contribution in [0.1, 0.15) is 31.5 Å². The van der Waals surface area contributed by atoms with Crippen LogP contribution in [0.2, 0.25) is 0 Å². The highest BCUT2D eigenvalue weighted by atomic mass is 16.1. The number of aryl methyl sites for hydroxylation is 2. The van der Waals surface area contributed by atoms with Gasteiger partial charge in [-0.2, -0.15) is 0 Å². The van der Waals surface area contributed by atoms with E-state index in [1.165, 1.54) is 4.52 Å². The summed E-state index contributed by atoms with van der Waals surface area (Å²) < 4.78 is 1.50. The summed E-state index contributed by atoms with van der Waals surface area (Å²) in [6.07, 6.45) is 4.67. The Hall–Kier alpha value is -1.58. The van der Waals surface area contributed by atoms with E-state index in [1.807, 2.05) is 13.1 Å². The van der Waals surface area contributed by atoms with Gasteiger partial charge < -0.3 is 0 Å². The molecular weight excluding hydrogens is 190 g/mol. The zero-order valence-corrected chi connectivity index (χ0v) is 9.08. The Morgan fingerprint density at radius 1 is 1.47 bits per heavy atom. The van der Waals surface area contributed by atoms with Crippen molar-refractivity contribution >= 4 is 5.65 Å². The van der Waals surface area contributed by atoms with Crippen molar-refractivity contribution in [3.63, 3.8) is 0 Å². The third-order valence-electron chi connectivity index (χ3n) is 2.51. The minimum absolute atomic E-state index is 0.0285. The molecule has 0 spiro atoms. The summed E-state index contributed by atoms with van der Waals surface area (Å²) in [5.41, 5.74) is 2.72. The third kappa shape index (κ3) is 1.67. The topological polar surface area (TPSA) is 50.2 Å². The minimum atomic E-state index is -0.0285. The number of H-pyrrole nitrogens is 1. The van der Waals surface area contributed by atoms with Crippen molar-refractivity contribution in [1.29, 1.82) is 0 Å². The molecule has 0 saturated carbocycles. The molecule has 2 aromatic rings. The van der Waals surface area contributed by atoms with Crippen molar-refractivity contribution in [2.75, 3.05) is 0 Å². The van der Waals surface area contributed by atoms with E-state index in [0.29, 0.717) is 0 Å². The Balaban J connectivity index is 2.67. The number of rotatable bonds is 3. The standard InChI is InChI=1S/C11H15N3O/c1-3-5-8-7-12-14-10(15)6-9(4-2)13-11(8)14/h6-7,12H,3-5H2,1-2H3. The number of nitrogens with one attached hydrogen (secondary N) is 1. The molecule has 0 aliphatic heterocycles. The van der Waals surface area contributed by atoms with Crippen molar-refractivity contribution in [1.82, 2.24) is 14.6 Å². The van der Waals surface area contributed by atoms with Crippen LogP contribution in [0.5, 0.6) is 0 Å². The van der Waals surface area contributed by atoms with E-state index < -0.39 is 0 Å². The van der Waals surface area contributed by atoms with Gasteiger partial charge in [-0.05, 0) is 12.8 Å². The summed E-state index contributed by atoms with van der Waals surface area (Å²) in [5.74, 6) is 0. The van der Waals surface area contributed by atoms with Gasteiger partial charge in [0, 0.05) is 23.5 Å². The van der Waals surface area contributed by atoms with Crippen LogP contribution in [-0.4, -0.2) is 14.6 Å². The minimum Gasteiger partial charge on any atom is -0.297 e. The van der Waals surface area contributed by atoms with Crippen LogP contribution in [0, 0.1) is 0 Å². The molecule has 2 aromatic heterocycles. The molecule has 80 valence electrons. The fourth-order valence-corrected chi connectivity index (χ4v) is 1.71. The zero-order chi connectivity index (χ0) is 10.8. The first-order chi connectivity index (χ1) is 7.26. The maximum Gasteiger partial charge on any atom is 0.272 e. The largest absolute Gasteiger partial charge is 0.297 e. The Morgan fingerprint density at radius 2 is 2.27 bits per heavy atom. The third-order valence-corrected chi connectivity index (χ3v) is 2.51. The van der Waals surface area contributed by atoms with Gasteiger partial charge in [-0.1, -0.05) is 20.3 Å². The Bertz CT molecular complexity index is 524. The van der Waals surface area contributed by atoms with Crippen molar-refractivity contribution in [2.24, 2.45) is 0 Å². The number of hydrogen-bond acceptors (Lipinski definition) is 2. The highest BCUT2D eigenvalue weighted by molar-refractivity contribution is 5.46. The van der Waals surface area contributed by atoms with Crippen molar-refractivity contribution in [3.05, 3.63) is 33.9 Å². The molecule has 0 atom stereocenters. The number of aromatic amines is 1. The van der Waals surface area contributed by atoms with Crippen molar-refractivity contribution in [3.8, 4) is 0 Å². The second kappa shape index (κ2) is 3.88. The van der Waals surface area contributed by atoms with Crippen LogP contribution in [0.15, 0.2) is 17.1 Å². The smallest absolute Gasteiger partial charge is 0.272 e. The van der Waals surface area contributed by atoms with E-state index in [9.17, 15) is 4.79 Å². The molecule has 4 nitrogen and oxygen atoms in total. The molecule has 0 aliphatic carbocycles. The fourth-order valence-electron chi connectivity index (χ4n) is 1.71. The average Bonchev–Trinajstić information content (AvgIpc) is 2.63. The van der Waals surface area contributed by atoms with Crippen LogP contribution in [-0.2, 0) is 12.8 Å². The van der Waals surface area contributed by atoms with E-state index in [2.05, 4.69) is 17.0 Å². The highest BCUT2D eigenvalue weighted by Gasteiger charge is 2.07. The monoisotopic (exact) mass is 205 g/mol. The highest BCUT2D eigenvalue weighted by Crippen LogP contribution is 2.09. The fraction of sp³-hybridized carbons (Fsp3) is 0.455. The molecule has 0 bridgehead atoms. The van der Waals surface area contributed by atoms with Crippen molar-refractivity contribution in [2.45, 2.75) is 33.1 Å². The van der Waals surface area contributed by atoms with Gasteiger partial charge in [0.1, 0.15) is 0 Å². The lowest BCUT2D eigenvalue weighted by molar-refractivity contribution is 0.873. The van der Waals surface area contributed by atoms with Crippen LogP contribution in [0.4, 0.5) is 0 Å². The number of aromatic nitrogens is 3. The summed E-state index contributed by atoms with van der Waals surface area (Å²) in [7, 11) is 0. The zero-order valence-electron chi connectivity index (χ0n) is 9.08. The number of hydrogen-bond donors (Lipinski definition) is 1. The Labute approximate surface area is 87.9 Å². The van der Waals surface area contributed by atoms with E-state index in [4.69, 9.17) is 0 Å². The average molecular weight is 205 g/mol. The van der Waals surface area contributed by atoms with E-state index in [1.54, 1.807) is 6.07 Å². The summed E-state index contributed by atoms with van der Waals surface area (Å²) in [6.45, 7) is 4.12. The predicted molar refractivity (Wildman–Crippen MR) is 59.2 cm³/mol. The lowest BCUT2D eigenvalue weighted by atomic mass is 10.2. The first kappa shape index (κ1) is 9.96. The van der Waals surface area contributed by atoms with Crippen LogP contribution in [0.25, 0.3) is 5.65 Å². The first-order valence-electron chi connectivity index (χ1n) is 5.35. The molecule has 0 unspecified atom stereocenters. The predicted octanol–water partition coefficient (Wildman–Crippen LogP) is 1.54. The van der Waals surface area contributed by atoms with Crippen LogP contribution < -0.4 is 5.56 Å². The quantitative estimate of drug-likeness (QED) is 0.826. The van der Waals surface area contributed by atoms with Gasteiger partial charge in [0.05, 0.1) is 0 Å². The summed E-state index contributed by atoms with van der Waals surface area (Å²) in [5, 5.41) is 2.93. The van der Waals surface area contributed by atoms with Crippen LogP contribution in [0.3, 0.4) is 0 Å². The van der Waals surface area contributed by atoms with Gasteiger partial charge in [0.15, 0.2) is 5.65 Å². The lowest BCUT2D eigenvalue weighted by Gasteiger charge is -1.98. The molecule has 0 radical (unpaired) electrons. The summed E-state index contributed by atoms with van der Waals surface area (Å²) >= 11 is 0. The normalized spacial score (nSPS) is 11.1. The maximum atomic E-state index is 11.7. The van der Waals surface area contributed by atoms with E-state index in [0.717, 1.165) is 36.2 Å². The molecule has 0 saturated heterocycles. The van der Waals surface area contributed by atoms with Gasteiger partial charge in [0.2, 0.25) is 0 Å². The summed E-state index contributed by atoms with van der Waals surface area (Å²) in [4.78, 5) is 16.1. The lowest BCUT2D eigenvalue weighted by Crippen LogP contribution is -2.15. The van der Waals surface area contributed by atoms with Gasteiger partial charge in [-0.25, -0.2) is 9.50 Å². The SMILES string of the molecule is CCCc1c[nH]n2c(=O)cc(CC)nc12. The molecule has 0 amide bonds. The van der Waals surface area contributed by atoms with Gasteiger partial charge in [0.25, 0.3) is 5.56 Å². The molecule has 2 rings (SSSR count). The van der Waals surface area contributed by atoms with E-state index >= 15 is 0 Å². The molecule has 0 aromatic carbocycles. The van der Waals surface area contributed by atoms with Crippen molar-refractivity contribution < 1.29 is 0 Å². The molecular formula is C11H15N3O. The molecule has 1 N–H and O–H groups in total. The molecule has 15 heavy (non-hydrogen) atoms. The summed E-state index contributed by atoms with van der Waals surface area (Å²) in [6, 6.07) is 1.58. The second-order valence-electron chi connectivity index (χ2n) is 3.65. The van der Waals surface area contributed by atoms with Gasteiger partial charge in [-0.3, -0.25) is 9.89 Å². The van der Waals surface area contributed by atoms with Gasteiger partial charge >= 0.3 is 0 Å². The molecule has 0 aliphatic rings. The van der Waals surface area contributed by atoms with E-state index in [-0.39, 0.29) is 5.56 Å².